The smallest absolute Gasteiger partial charge is 0.271 e. The summed E-state index contributed by atoms with van der Waals surface area (Å²) in [5.41, 5.74) is 1.00. The molecule has 120 valence electrons. The van der Waals surface area contributed by atoms with Crippen LogP contribution in [0.5, 0.6) is 0 Å². The van der Waals surface area contributed by atoms with Crippen molar-refractivity contribution in [2.24, 2.45) is 11.8 Å². The molecule has 0 aromatic heterocycles. The van der Waals surface area contributed by atoms with Crippen molar-refractivity contribution in [2.45, 2.75) is 44.9 Å². The van der Waals surface area contributed by atoms with Crippen molar-refractivity contribution in [3.05, 3.63) is 33.3 Å². The van der Waals surface area contributed by atoms with Crippen LogP contribution in [0.25, 0.3) is 0 Å². The molecule has 4 nitrogen and oxygen atoms in total. The van der Waals surface area contributed by atoms with E-state index in [-0.39, 0.29) is 5.69 Å². The zero-order valence-electron chi connectivity index (χ0n) is 12.8. The maximum Gasteiger partial charge on any atom is 0.271 e. The number of hydrogen-bond donors (Lipinski definition) is 0. The fraction of sp³-hybridized carbons (Fsp3) is 0.647. The summed E-state index contributed by atoms with van der Waals surface area (Å²) in [7, 11) is 0. The summed E-state index contributed by atoms with van der Waals surface area (Å²) in [6, 6.07) is 4.81. The Labute approximate surface area is 136 Å². The van der Waals surface area contributed by atoms with Gasteiger partial charge in [0.1, 0.15) is 0 Å². The number of nitro groups is 1. The summed E-state index contributed by atoms with van der Waals surface area (Å²) in [6.07, 6.45) is 9.47. The predicted octanol–water partition coefficient (Wildman–Crippen LogP) is 5.04. The first-order valence-corrected chi connectivity index (χ1v) is 8.72. The number of nitrogens with zero attached hydrogens (tertiary/aromatic N) is 2. The van der Waals surface area contributed by atoms with Gasteiger partial charge in [-0.15, -0.1) is 0 Å². The molecule has 1 saturated heterocycles. The van der Waals surface area contributed by atoms with Crippen LogP contribution >= 0.6 is 11.6 Å². The highest BCUT2D eigenvalue weighted by atomic mass is 35.5. The third-order valence-corrected chi connectivity index (χ3v) is 5.64. The Bertz CT molecular complexity index is 535. The zero-order chi connectivity index (χ0) is 15.5. The molecule has 5 heteroatoms. The minimum atomic E-state index is -0.398. The van der Waals surface area contributed by atoms with Gasteiger partial charge in [0.05, 0.1) is 15.6 Å². The number of benzene rings is 1. The van der Waals surface area contributed by atoms with Gasteiger partial charge in [0.2, 0.25) is 0 Å². The molecule has 0 bridgehead atoms. The normalized spacial score (nSPS) is 21.0. The lowest BCUT2D eigenvalue weighted by atomic mass is 9.76. The molecular formula is C17H23ClN2O2. The maximum atomic E-state index is 10.8. The highest BCUT2D eigenvalue weighted by Gasteiger charge is 2.28. The van der Waals surface area contributed by atoms with Gasteiger partial charge in [-0.3, -0.25) is 10.1 Å². The van der Waals surface area contributed by atoms with Gasteiger partial charge in [0, 0.05) is 25.2 Å². The summed E-state index contributed by atoms with van der Waals surface area (Å²) >= 11 is 6.25. The van der Waals surface area contributed by atoms with Crippen LogP contribution < -0.4 is 4.90 Å². The third-order valence-electron chi connectivity index (χ3n) is 5.34. The Hall–Kier alpha value is -1.29. The highest BCUT2D eigenvalue weighted by Crippen LogP contribution is 2.38. The van der Waals surface area contributed by atoms with E-state index in [4.69, 9.17) is 11.6 Å². The number of non-ortho nitro benzene ring substituents is 1. The van der Waals surface area contributed by atoms with Crippen molar-refractivity contribution < 1.29 is 4.92 Å². The molecule has 0 atom stereocenters. The molecular weight excluding hydrogens is 300 g/mol. The average Bonchev–Trinajstić information content (AvgIpc) is 2.56. The van der Waals surface area contributed by atoms with Crippen molar-refractivity contribution in [1.29, 1.82) is 0 Å². The van der Waals surface area contributed by atoms with Crippen molar-refractivity contribution in [2.75, 3.05) is 18.0 Å². The van der Waals surface area contributed by atoms with Crippen molar-refractivity contribution in [1.82, 2.24) is 0 Å². The van der Waals surface area contributed by atoms with Gasteiger partial charge in [-0.05, 0) is 30.7 Å². The van der Waals surface area contributed by atoms with Gasteiger partial charge in [-0.25, -0.2) is 0 Å². The van der Waals surface area contributed by atoms with E-state index in [1.807, 2.05) is 0 Å². The van der Waals surface area contributed by atoms with Gasteiger partial charge < -0.3 is 4.90 Å². The van der Waals surface area contributed by atoms with Crippen LogP contribution in [0.4, 0.5) is 11.4 Å². The van der Waals surface area contributed by atoms with Gasteiger partial charge in [-0.2, -0.15) is 0 Å². The number of rotatable bonds is 3. The van der Waals surface area contributed by atoms with Gasteiger partial charge >= 0.3 is 0 Å². The van der Waals surface area contributed by atoms with Crippen LogP contribution in [-0.4, -0.2) is 18.0 Å². The first-order chi connectivity index (χ1) is 10.6. The minimum Gasteiger partial charge on any atom is -0.370 e. The standard InChI is InChI=1S/C17H23ClN2O2/c18-16-12-15(20(21)22)6-7-17(16)19-10-8-14(9-11-19)13-4-2-1-3-5-13/h6-7,12-14H,1-5,8-11H2. The molecule has 3 rings (SSSR count). The summed E-state index contributed by atoms with van der Waals surface area (Å²) in [5.74, 6) is 1.77. The second kappa shape index (κ2) is 6.86. The van der Waals surface area contributed by atoms with Crippen LogP contribution in [0.3, 0.4) is 0 Å². The molecule has 2 fully saturated rings. The van der Waals surface area contributed by atoms with Gasteiger partial charge in [-0.1, -0.05) is 43.7 Å². The number of halogens is 1. The number of anilines is 1. The average molecular weight is 323 g/mol. The summed E-state index contributed by atoms with van der Waals surface area (Å²) < 4.78 is 0. The number of piperidine rings is 1. The second-order valence-electron chi connectivity index (χ2n) is 6.62. The minimum absolute atomic E-state index is 0.0610. The van der Waals surface area contributed by atoms with Crippen molar-refractivity contribution in [3.63, 3.8) is 0 Å². The number of nitro benzene ring substituents is 1. The molecule has 0 amide bonds. The molecule has 2 aliphatic rings. The lowest BCUT2D eigenvalue weighted by molar-refractivity contribution is -0.384. The van der Waals surface area contributed by atoms with E-state index in [1.54, 1.807) is 12.1 Å². The Morgan fingerprint density at radius 3 is 2.27 bits per heavy atom. The molecule has 1 aliphatic heterocycles. The monoisotopic (exact) mass is 322 g/mol. The fourth-order valence-corrected chi connectivity index (χ4v) is 4.38. The molecule has 0 radical (unpaired) electrons. The fourth-order valence-electron chi connectivity index (χ4n) is 4.08. The number of hydrogen-bond acceptors (Lipinski definition) is 3. The molecule has 1 aromatic rings. The zero-order valence-corrected chi connectivity index (χ0v) is 13.6. The van der Waals surface area contributed by atoms with Crippen LogP contribution in [0, 0.1) is 22.0 Å². The quantitative estimate of drug-likeness (QED) is 0.578. The Balaban J connectivity index is 1.62. The molecule has 0 unspecified atom stereocenters. The van der Waals surface area contributed by atoms with Crippen LogP contribution in [0.15, 0.2) is 18.2 Å². The second-order valence-corrected chi connectivity index (χ2v) is 7.02. The van der Waals surface area contributed by atoms with E-state index < -0.39 is 4.92 Å². The first kappa shape index (κ1) is 15.6. The molecule has 0 N–H and O–H groups in total. The summed E-state index contributed by atoms with van der Waals surface area (Å²) in [4.78, 5) is 12.7. The van der Waals surface area contributed by atoms with Crippen molar-refractivity contribution >= 4 is 23.0 Å². The van der Waals surface area contributed by atoms with Crippen molar-refractivity contribution in [3.8, 4) is 0 Å². The first-order valence-electron chi connectivity index (χ1n) is 8.34. The van der Waals surface area contributed by atoms with Crippen LogP contribution in [0.1, 0.15) is 44.9 Å². The van der Waals surface area contributed by atoms with E-state index in [0.29, 0.717) is 5.02 Å². The lowest BCUT2D eigenvalue weighted by Gasteiger charge is -2.38. The molecule has 1 aromatic carbocycles. The predicted molar refractivity (Wildman–Crippen MR) is 89.6 cm³/mol. The topological polar surface area (TPSA) is 46.4 Å². The van der Waals surface area contributed by atoms with E-state index in [0.717, 1.165) is 30.6 Å². The molecule has 1 aliphatic carbocycles. The maximum absolute atomic E-state index is 10.8. The molecule has 1 heterocycles. The third kappa shape index (κ3) is 3.37. The van der Waals surface area contributed by atoms with E-state index in [2.05, 4.69) is 4.90 Å². The van der Waals surface area contributed by atoms with Crippen LogP contribution in [0.2, 0.25) is 5.02 Å². The molecule has 1 saturated carbocycles. The largest absolute Gasteiger partial charge is 0.370 e. The summed E-state index contributed by atoms with van der Waals surface area (Å²) in [5, 5.41) is 11.3. The van der Waals surface area contributed by atoms with E-state index >= 15 is 0 Å². The Morgan fingerprint density at radius 2 is 1.68 bits per heavy atom. The molecule has 22 heavy (non-hydrogen) atoms. The van der Waals surface area contributed by atoms with Gasteiger partial charge in [0.15, 0.2) is 0 Å². The SMILES string of the molecule is O=[N+]([O-])c1ccc(N2CCC(C3CCCCC3)CC2)c(Cl)c1. The molecule has 0 spiro atoms. The Kier molecular flexibility index (Phi) is 4.87. The lowest BCUT2D eigenvalue weighted by Crippen LogP contribution is -2.36. The highest BCUT2D eigenvalue weighted by molar-refractivity contribution is 6.33. The van der Waals surface area contributed by atoms with E-state index in [9.17, 15) is 10.1 Å². The summed E-state index contributed by atoms with van der Waals surface area (Å²) in [6.45, 7) is 2.03. The van der Waals surface area contributed by atoms with Crippen LogP contribution in [-0.2, 0) is 0 Å². The van der Waals surface area contributed by atoms with E-state index in [1.165, 1.54) is 51.0 Å². The van der Waals surface area contributed by atoms with Gasteiger partial charge in [0.25, 0.3) is 5.69 Å². The Morgan fingerprint density at radius 1 is 1.05 bits per heavy atom.